The van der Waals surface area contributed by atoms with Gasteiger partial charge >= 0.3 is 0 Å². The van der Waals surface area contributed by atoms with Crippen LogP contribution in [0.4, 0.5) is 5.69 Å². The van der Waals surface area contributed by atoms with Crippen molar-refractivity contribution in [1.82, 2.24) is 4.90 Å². The van der Waals surface area contributed by atoms with Crippen molar-refractivity contribution in [2.75, 3.05) is 38.3 Å². The fourth-order valence-electron chi connectivity index (χ4n) is 4.09. The lowest BCUT2D eigenvalue weighted by atomic mass is 10.0. The molecule has 3 fully saturated rings. The second kappa shape index (κ2) is 6.64. The first kappa shape index (κ1) is 17.5. The van der Waals surface area contributed by atoms with Crippen molar-refractivity contribution in [3.63, 3.8) is 0 Å². The number of benzene rings is 1. The van der Waals surface area contributed by atoms with E-state index in [9.17, 15) is 9.59 Å². The lowest BCUT2D eigenvalue weighted by Gasteiger charge is -2.39. The minimum absolute atomic E-state index is 0.178. The lowest BCUT2D eigenvalue weighted by molar-refractivity contribution is -0.188. The summed E-state index contributed by atoms with van der Waals surface area (Å²) >= 11 is 0. The summed E-state index contributed by atoms with van der Waals surface area (Å²) < 4.78 is 16.9. The molecule has 1 atom stereocenters. The number of aryl methyl sites for hydroxylation is 1. The highest BCUT2D eigenvalue weighted by Gasteiger charge is 2.47. The Morgan fingerprint density at radius 1 is 1.15 bits per heavy atom. The molecule has 1 spiro atoms. The van der Waals surface area contributed by atoms with Gasteiger partial charge in [-0.25, -0.2) is 4.90 Å². The molecule has 3 heterocycles. The Morgan fingerprint density at radius 2 is 1.85 bits per heavy atom. The summed E-state index contributed by atoms with van der Waals surface area (Å²) in [7, 11) is 1.54. The largest absolute Gasteiger partial charge is 0.495 e. The van der Waals surface area contributed by atoms with Crippen LogP contribution in [0.25, 0.3) is 0 Å². The summed E-state index contributed by atoms with van der Waals surface area (Å²) in [4.78, 5) is 29.1. The predicted molar refractivity (Wildman–Crippen MR) is 94.1 cm³/mol. The summed E-state index contributed by atoms with van der Waals surface area (Å²) in [5, 5.41) is 0. The number of methoxy groups -OCH3 is 1. The van der Waals surface area contributed by atoms with Gasteiger partial charge in [-0.15, -0.1) is 0 Å². The minimum atomic E-state index is -0.485. The molecular formula is C19H24N2O5. The van der Waals surface area contributed by atoms with Gasteiger partial charge in [0.2, 0.25) is 5.91 Å². The average Bonchev–Trinajstić information content (AvgIpc) is 3.20. The van der Waals surface area contributed by atoms with Crippen molar-refractivity contribution in [3.8, 4) is 5.75 Å². The van der Waals surface area contributed by atoms with Gasteiger partial charge in [-0.3, -0.25) is 14.5 Å². The van der Waals surface area contributed by atoms with Gasteiger partial charge in [0, 0.05) is 25.9 Å². The maximum Gasteiger partial charge on any atom is 0.251 e. The maximum atomic E-state index is 13.1. The molecule has 0 N–H and O–H groups in total. The molecule has 7 heteroatoms. The second-order valence-corrected chi connectivity index (χ2v) is 7.11. The fraction of sp³-hybridized carbons (Fsp3) is 0.579. The molecule has 0 aromatic heterocycles. The highest BCUT2D eigenvalue weighted by Crippen LogP contribution is 2.37. The van der Waals surface area contributed by atoms with E-state index in [0.29, 0.717) is 37.7 Å². The fourth-order valence-corrected chi connectivity index (χ4v) is 4.09. The minimum Gasteiger partial charge on any atom is -0.495 e. The average molecular weight is 360 g/mol. The van der Waals surface area contributed by atoms with Crippen LogP contribution in [0.1, 0.15) is 24.8 Å². The summed E-state index contributed by atoms with van der Waals surface area (Å²) in [5.41, 5.74) is 1.50. The smallest absolute Gasteiger partial charge is 0.251 e. The molecule has 3 aliphatic rings. The Hall–Kier alpha value is -1.96. The molecular weight excluding hydrogens is 336 g/mol. The SMILES string of the molecule is COc1ccc(C)cc1N1C(=O)C[C@H](N2CCC3(CC2)OCCO3)C1=O. The van der Waals surface area contributed by atoms with E-state index >= 15 is 0 Å². The molecule has 0 saturated carbocycles. The number of carbonyl (C=O) groups excluding carboxylic acids is 2. The molecule has 4 rings (SSSR count). The number of piperidine rings is 1. The van der Waals surface area contributed by atoms with Crippen molar-refractivity contribution in [2.45, 2.75) is 38.0 Å². The van der Waals surface area contributed by atoms with Gasteiger partial charge in [0.05, 0.1) is 38.5 Å². The Balaban J connectivity index is 1.52. The van der Waals surface area contributed by atoms with E-state index in [0.717, 1.165) is 18.4 Å². The Labute approximate surface area is 152 Å². The maximum absolute atomic E-state index is 13.1. The molecule has 140 valence electrons. The summed E-state index contributed by atoms with van der Waals surface area (Å²) in [6, 6.07) is 5.09. The number of likely N-dealkylation sites (tertiary alicyclic amines) is 1. The number of amides is 2. The zero-order valence-corrected chi connectivity index (χ0v) is 15.2. The van der Waals surface area contributed by atoms with Crippen molar-refractivity contribution in [3.05, 3.63) is 23.8 Å². The monoisotopic (exact) mass is 360 g/mol. The van der Waals surface area contributed by atoms with Crippen molar-refractivity contribution in [1.29, 1.82) is 0 Å². The third-order valence-electron chi connectivity index (χ3n) is 5.51. The number of hydrogen-bond donors (Lipinski definition) is 0. The van der Waals surface area contributed by atoms with Crippen molar-refractivity contribution < 1.29 is 23.8 Å². The second-order valence-electron chi connectivity index (χ2n) is 7.11. The van der Waals surface area contributed by atoms with Crippen LogP contribution < -0.4 is 9.64 Å². The van der Waals surface area contributed by atoms with Crippen LogP contribution in [0.5, 0.6) is 5.75 Å². The molecule has 26 heavy (non-hydrogen) atoms. The molecule has 3 saturated heterocycles. The summed E-state index contributed by atoms with van der Waals surface area (Å²) in [6.45, 7) is 4.55. The van der Waals surface area contributed by atoms with Gasteiger partial charge in [0.15, 0.2) is 5.79 Å². The third-order valence-corrected chi connectivity index (χ3v) is 5.51. The molecule has 1 aromatic rings. The number of carbonyl (C=O) groups is 2. The van der Waals surface area contributed by atoms with Crippen LogP contribution in [-0.2, 0) is 19.1 Å². The molecule has 3 aliphatic heterocycles. The zero-order valence-electron chi connectivity index (χ0n) is 15.2. The first-order valence-corrected chi connectivity index (χ1v) is 9.06. The molecule has 0 unspecified atom stereocenters. The Bertz CT molecular complexity index is 719. The number of nitrogens with zero attached hydrogens (tertiary/aromatic N) is 2. The zero-order chi connectivity index (χ0) is 18.3. The highest BCUT2D eigenvalue weighted by molar-refractivity contribution is 6.23. The van der Waals surface area contributed by atoms with E-state index < -0.39 is 11.8 Å². The van der Waals surface area contributed by atoms with Gasteiger partial charge in [-0.1, -0.05) is 6.07 Å². The number of rotatable bonds is 3. The standard InChI is InChI=1S/C19H24N2O5/c1-13-3-4-16(24-2)14(11-13)21-17(22)12-15(18(21)23)20-7-5-19(6-8-20)25-9-10-26-19/h3-4,11,15H,5-10,12H2,1-2H3/t15-/m0/s1. The predicted octanol–water partition coefficient (Wildman–Crippen LogP) is 1.47. The first-order chi connectivity index (χ1) is 12.5. The number of hydrogen-bond acceptors (Lipinski definition) is 6. The molecule has 0 bridgehead atoms. The molecule has 1 aromatic carbocycles. The topological polar surface area (TPSA) is 68.3 Å². The quantitative estimate of drug-likeness (QED) is 0.761. The van der Waals surface area contributed by atoms with Crippen LogP contribution in [0.15, 0.2) is 18.2 Å². The lowest BCUT2D eigenvalue weighted by Crippen LogP contribution is -2.51. The number of imide groups is 1. The van der Waals surface area contributed by atoms with Crippen LogP contribution in [0, 0.1) is 6.92 Å². The van der Waals surface area contributed by atoms with E-state index in [1.807, 2.05) is 19.1 Å². The van der Waals surface area contributed by atoms with Gasteiger partial charge in [0.1, 0.15) is 5.75 Å². The van der Waals surface area contributed by atoms with Gasteiger partial charge in [-0.2, -0.15) is 0 Å². The van der Waals surface area contributed by atoms with Crippen LogP contribution in [0.2, 0.25) is 0 Å². The summed E-state index contributed by atoms with van der Waals surface area (Å²) in [5.74, 6) is -0.314. The van der Waals surface area contributed by atoms with Crippen LogP contribution >= 0.6 is 0 Å². The van der Waals surface area contributed by atoms with E-state index in [4.69, 9.17) is 14.2 Å². The van der Waals surface area contributed by atoms with Crippen LogP contribution in [0.3, 0.4) is 0 Å². The van der Waals surface area contributed by atoms with E-state index in [2.05, 4.69) is 4.90 Å². The normalized spacial score (nSPS) is 26.1. The van der Waals surface area contributed by atoms with E-state index in [1.54, 1.807) is 13.2 Å². The van der Waals surface area contributed by atoms with Gasteiger partial charge < -0.3 is 14.2 Å². The van der Waals surface area contributed by atoms with Gasteiger partial charge in [-0.05, 0) is 24.6 Å². The third kappa shape index (κ3) is 2.90. The van der Waals surface area contributed by atoms with Gasteiger partial charge in [0.25, 0.3) is 5.91 Å². The summed E-state index contributed by atoms with van der Waals surface area (Å²) in [6.07, 6.45) is 1.64. The van der Waals surface area contributed by atoms with E-state index in [1.165, 1.54) is 4.90 Å². The Morgan fingerprint density at radius 3 is 2.50 bits per heavy atom. The molecule has 7 nitrogen and oxygen atoms in total. The van der Waals surface area contributed by atoms with Crippen molar-refractivity contribution in [2.24, 2.45) is 0 Å². The molecule has 0 radical (unpaired) electrons. The molecule has 2 amide bonds. The van der Waals surface area contributed by atoms with E-state index in [-0.39, 0.29) is 18.2 Å². The highest BCUT2D eigenvalue weighted by atomic mass is 16.7. The van der Waals surface area contributed by atoms with Crippen molar-refractivity contribution >= 4 is 17.5 Å². The molecule has 0 aliphatic carbocycles. The number of ether oxygens (including phenoxy) is 3. The Kier molecular flexibility index (Phi) is 4.46. The first-order valence-electron chi connectivity index (χ1n) is 9.06. The van der Waals surface area contributed by atoms with Crippen LogP contribution in [-0.4, -0.2) is 62.0 Å². The number of anilines is 1.